The van der Waals surface area contributed by atoms with Crippen molar-refractivity contribution in [3.63, 3.8) is 0 Å². The maximum atomic E-state index is 11.7. The number of rotatable bonds is 0. The van der Waals surface area contributed by atoms with Crippen molar-refractivity contribution in [3.05, 3.63) is 26.7 Å². The normalized spacial score (nSPS) is 11.1. The minimum atomic E-state index is -0.444. The van der Waals surface area contributed by atoms with Gasteiger partial charge >= 0.3 is 5.69 Å². The molecule has 0 amide bonds. The van der Waals surface area contributed by atoms with E-state index in [1.54, 1.807) is 18.5 Å². The summed E-state index contributed by atoms with van der Waals surface area (Å²) in [4.78, 5) is 29.5. The number of nitrogens with one attached hydrogen (secondary N) is 1. The average Bonchev–Trinajstić information content (AvgIpc) is 2.39. The molecule has 74 valence electrons. The standard InChI is InChI=1S/C8H10N4O2/c1-4-9-6-5(11(4)2)7(13)12(3)8(14)10-6/h1-3H3,(H,10,14). The van der Waals surface area contributed by atoms with Crippen LogP contribution in [-0.4, -0.2) is 19.1 Å². The van der Waals surface area contributed by atoms with Gasteiger partial charge in [-0.3, -0.25) is 14.3 Å². The first-order chi connectivity index (χ1) is 6.52. The van der Waals surface area contributed by atoms with Gasteiger partial charge in [0.1, 0.15) is 5.82 Å². The summed E-state index contributed by atoms with van der Waals surface area (Å²) in [7, 11) is 3.17. The van der Waals surface area contributed by atoms with Crippen molar-refractivity contribution in [2.75, 3.05) is 0 Å². The SMILES string of the molecule is Cc1nc2[nH]c(=O)n(C)c(=O)c2n1C. The molecular weight excluding hydrogens is 184 g/mol. The highest BCUT2D eigenvalue weighted by molar-refractivity contribution is 5.69. The lowest BCUT2D eigenvalue weighted by molar-refractivity contribution is 0.781. The summed E-state index contributed by atoms with van der Waals surface area (Å²) >= 11 is 0. The molecule has 0 saturated heterocycles. The topological polar surface area (TPSA) is 72.7 Å². The molecule has 2 aromatic rings. The van der Waals surface area contributed by atoms with Crippen LogP contribution in [0.1, 0.15) is 5.82 Å². The number of aromatic nitrogens is 4. The molecule has 0 aliphatic rings. The molecule has 0 aliphatic heterocycles. The van der Waals surface area contributed by atoms with Gasteiger partial charge in [-0.2, -0.15) is 0 Å². The van der Waals surface area contributed by atoms with Gasteiger partial charge in [0.25, 0.3) is 5.56 Å². The third-order valence-corrected chi connectivity index (χ3v) is 2.36. The molecule has 0 aromatic carbocycles. The van der Waals surface area contributed by atoms with Gasteiger partial charge in [0.15, 0.2) is 11.2 Å². The van der Waals surface area contributed by atoms with Crippen molar-refractivity contribution in [2.45, 2.75) is 6.92 Å². The Morgan fingerprint density at radius 3 is 2.50 bits per heavy atom. The molecule has 0 aliphatic carbocycles. The molecule has 2 rings (SSSR count). The van der Waals surface area contributed by atoms with E-state index in [2.05, 4.69) is 9.97 Å². The van der Waals surface area contributed by atoms with E-state index in [1.807, 2.05) is 0 Å². The number of hydrogen-bond acceptors (Lipinski definition) is 3. The molecule has 0 spiro atoms. The van der Waals surface area contributed by atoms with Crippen LogP contribution < -0.4 is 11.2 Å². The Bertz CT molecular complexity index is 617. The van der Waals surface area contributed by atoms with Gasteiger partial charge in [0, 0.05) is 14.1 Å². The van der Waals surface area contributed by atoms with E-state index in [9.17, 15) is 9.59 Å². The summed E-state index contributed by atoms with van der Waals surface area (Å²) < 4.78 is 2.69. The third-order valence-electron chi connectivity index (χ3n) is 2.36. The largest absolute Gasteiger partial charge is 0.329 e. The maximum absolute atomic E-state index is 11.7. The smallest absolute Gasteiger partial charge is 0.325 e. The van der Waals surface area contributed by atoms with Crippen LogP contribution in [0.2, 0.25) is 0 Å². The summed E-state index contributed by atoms with van der Waals surface area (Å²) in [6.45, 7) is 1.78. The fourth-order valence-electron chi connectivity index (χ4n) is 1.38. The second kappa shape index (κ2) is 2.57. The Balaban J connectivity index is 3.15. The molecular formula is C8H10N4O2. The fraction of sp³-hybridized carbons (Fsp3) is 0.375. The lowest BCUT2D eigenvalue weighted by atomic mass is 10.5. The fourth-order valence-corrected chi connectivity index (χ4v) is 1.38. The third kappa shape index (κ3) is 0.935. The number of aryl methyl sites for hydroxylation is 2. The van der Waals surface area contributed by atoms with Crippen molar-refractivity contribution in [3.8, 4) is 0 Å². The van der Waals surface area contributed by atoms with E-state index in [0.29, 0.717) is 17.0 Å². The summed E-state index contributed by atoms with van der Waals surface area (Å²) in [5.41, 5.74) is -0.00449. The zero-order chi connectivity index (χ0) is 10.5. The van der Waals surface area contributed by atoms with Gasteiger partial charge in [0.05, 0.1) is 0 Å². The van der Waals surface area contributed by atoms with Gasteiger partial charge in [-0.05, 0) is 6.92 Å². The van der Waals surface area contributed by atoms with Crippen molar-refractivity contribution < 1.29 is 0 Å². The number of hydrogen-bond donors (Lipinski definition) is 1. The number of nitrogens with zero attached hydrogens (tertiary/aromatic N) is 3. The first-order valence-electron chi connectivity index (χ1n) is 4.14. The monoisotopic (exact) mass is 194 g/mol. The Morgan fingerprint density at radius 2 is 1.86 bits per heavy atom. The van der Waals surface area contributed by atoms with E-state index in [1.165, 1.54) is 7.05 Å². The minimum Gasteiger partial charge on any atom is -0.325 e. The molecule has 0 atom stereocenters. The Hall–Kier alpha value is -1.85. The van der Waals surface area contributed by atoms with Crippen molar-refractivity contribution in [1.82, 2.24) is 19.1 Å². The molecule has 6 nitrogen and oxygen atoms in total. The van der Waals surface area contributed by atoms with Gasteiger partial charge in [-0.15, -0.1) is 0 Å². The number of H-pyrrole nitrogens is 1. The Morgan fingerprint density at radius 1 is 1.21 bits per heavy atom. The zero-order valence-electron chi connectivity index (χ0n) is 8.16. The van der Waals surface area contributed by atoms with Crippen LogP contribution in [0.4, 0.5) is 0 Å². The van der Waals surface area contributed by atoms with Crippen LogP contribution in [-0.2, 0) is 14.1 Å². The van der Waals surface area contributed by atoms with Gasteiger partial charge in [-0.1, -0.05) is 0 Å². The predicted molar refractivity (Wildman–Crippen MR) is 51.3 cm³/mol. The Kier molecular flexibility index (Phi) is 1.60. The van der Waals surface area contributed by atoms with Crippen LogP contribution >= 0.6 is 0 Å². The lowest BCUT2D eigenvalue weighted by Gasteiger charge is -1.97. The van der Waals surface area contributed by atoms with Gasteiger partial charge in [-0.25, -0.2) is 9.78 Å². The van der Waals surface area contributed by atoms with Crippen LogP contribution in [0.3, 0.4) is 0 Å². The number of aromatic amines is 1. The van der Waals surface area contributed by atoms with Gasteiger partial charge in [0.2, 0.25) is 0 Å². The summed E-state index contributed by atoms with van der Waals surface area (Å²) in [6.07, 6.45) is 0. The van der Waals surface area contributed by atoms with E-state index >= 15 is 0 Å². The summed E-state index contributed by atoms with van der Waals surface area (Å²) in [6, 6.07) is 0. The molecule has 6 heteroatoms. The number of imidazole rings is 1. The van der Waals surface area contributed by atoms with E-state index in [-0.39, 0.29) is 5.56 Å². The minimum absolute atomic E-state index is 0.327. The summed E-state index contributed by atoms with van der Waals surface area (Å²) in [5, 5.41) is 0. The van der Waals surface area contributed by atoms with Crippen LogP contribution in [0.25, 0.3) is 11.2 Å². The quantitative estimate of drug-likeness (QED) is 0.600. The van der Waals surface area contributed by atoms with Crippen LogP contribution in [0.15, 0.2) is 9.59 Å². The lowest BCUT2D eigenvalue weighted by Crippen LogP contribution is -2.33. The number of fused-ring (bicyclic) bond motifs is 1. The molecule has 2 aromatic heterocycles. The molecule has 14 heavy (non-hydrogen) atoms. The highest BCUT2D eigenvalue weighted by atomic mass is 16.2. The molecule has 0 fully saturated rings. The molecule has 0 radical (unpaired) electrons. The maximum Gasteiger partial charge on any atom is 0.329 e. The molecule has 0 saturated carbocycles. The van der Waals surface area contributed by atoms with E-state index in [0.717, 1.165) is 4.57 Å². The second-order valence-electron chi connectivity index (χ2n) is 3.21. The highest BCUT2D eigenvalue weighted by Gasteiger charge is 2.10. The summed E-state index contributed by atoms with van der Waals surface area (Å²) in [5.74, 6) is 0.693. The first-order valence-corrected chi connectivity index (χ1v) is 4.14. The zero-order valence-corrected chi connectivity index (χ0v) is 8.16. The second-order valence-corrected chi connectivity index (χ2v) is 3.21. The Labute approximate surface area is 78.8 Å². The highest BCUT2D eigenvalue weighted by Crippen LogP contribution is 2.04. The predicted octanol–water partition coefficient (Wildman–Crippen LogP) is -0.731. The van der Waals surface area contributed by atoms with Crippen molar-refractivity contribution >= 4 is 11.2 Å². The molecule has 0 bridgehead atoms. The average molecular weight is 194 g/mol. The van der Waals surface area contributed by atoms with E-state index < -0.39 is 5.69 Å². The van der Waals surface area contributed by atoms with Gasteiger partial charge < -0.3 is 4.57 Å². The van der Waals surface area contributed by atoms with E-state index in [4.69, 9.17) is 0 Å². The van der Waals surface area contributed by atoms with Crippen molar-refractivity contribution in [1.29, 1.82) is 0 Å². The molecule has 1 N–H and O–H groups in total. The molecule has 0 unspecified atom stereocenters. The van der Waals surface area contributed by atoms with Crippen LogP contribution in [0, 0.1) is 6.92 Å². The van der Waals surface area contributed by atoms with Crippen LogP contribution in [0.5, 0.6) is 0 Å². The van der Waals surface area contributed by atoms with Crippen molar-refractivity contribution in [2.24, 2.45) is 14.1 Å². The molecule has 2 heterocycles. The first kappa shape index (κ1) is 8.74.